The van der Waals surface area contributed by atoms with Gasteiger partial charge in [0.15, 0.2) is 0 Å². The largest absolute Gasteiger partial charge is 0.396 e. The molecule has 136 valence electrons. The number of hydrogen-bond acceptors (Lipinski definition) is 2. The third kappa shape index (κ3) is 3.00. The Bertz CT molecular complexity index is 701. The fourth-order valence-corrected chi connectivity index (χ4v) is 3.25. The van der Waals surface area contributed by atoms with E-state index in [-0.39, 0.29) is 18.3 Å². The molecule has 1 aliphatic carbocycles. The van der Waals surface area contributed by atoms with Crippen molar-refractivity contribution in [2.45, 2.75) is 57.3 Å². The van der Waals surface area contributed by atoms with Crippen LogP contribution in [0.15, 0.2) is 24.3 Å². The van der Waals surface area contributed by atoms with Crippen molar-refractivity contribution in [3.8, 4) is 0 Å². The highest BCUT2D eigenvalue weighted by atomic mass is 19.4. The molecule has 1 aliphatic heterocycles. The Hall–Kier alpha value is -2.05. The van der Waals surface area contributed by atoms with Crippen LogP contribution in [0.25, 0.3) is 0 Å². The number of nitrogens with one attached hydrogen (secondary N) is 2. The van der Waals surface area contributed by atoms with E-state index in [0.29, 0.717) is 5.56 Å². The van der Waals surface area contributed by atoms with Gasteiger partial charge in [-0.05, 0) is 29.4 Å². The Kier molecular flexibility index (Phi) is 3.89. The zero-order chi connectivity index (χ0) is 18.6. The first-order chi connectivity index (χ1) is 11.5. The zero-order valence-corrected chi connectivity index (χ0v) is 14.3. The maximum Gasteiger partial charge on any atom is 0.396 e. The predicted octanol–water partition coefficient (Wildman–Crippen LogP) is 2.98. The second-order valence-electron chi connectivity index (χ2n) is 7.91. The first kappa shape index (κ1) is 17.8. The van der Waals surface area contributed by atoms with Gasteiger partial charge in [-0.2, -0.15) is 13.2 Å². The average molecular weight is 354 g/mol. The maximum absolute atomic E-state index is 13.2. The minimum Gasteiger partial charge on any atom is -0.341 e. The Labute approximate surface area is 144 Å². The fraction of sp³-hybridized carbons (Fsp3) is 0.556. The molecule has 1 saturated heterocycles. The second-order valence-corrected chi connectivity index (χ2v) is 7.91. The van der Waals surface area contributed by atoms with Crippen LogP contribution < -0.4 is 10.6 Å². The molecule has 0 bridgehead atoms. The van der Waals surface area contributed by atoms with Gasteiger partial charge >= 0.3 is 6.18 Å². The molecule has 3 rings (SSSR count). The number of hydrogen-bond donors (Lipinski definition) is 2. The second kappa shape index (κ2) is 5.47. The quantitative estimate of drug-likeness (QED) is 0.858. The highest BCUT2D eigenvalue weighted by Gasteiger charge is 2.70. The van der Waals surface area contributed by atoms with Crippen LogP contribution in [-0.4, -0.2) is 24.0 Å². The van der Waals surface area contributed by atoms with E-state index in [2.05, 4.69) is 10.6 Å². The molecule has 0 aromatic heterocycles. The molecule has 2 atom stereocenters. The number of halogens is 3. The molecule has 2 amide bonds. The maximum atomic E-state index is 13.2. The Balaban J connectivity index is 1.80. The van der Waals surface area contributed by atoms with Crippen molar-refractivity contribution in [1.82, 2.24) is 10.6 Å². The van der Waals surface area contributed by atoms with Gasteiger partial charge in [-0.25, -0.2) is 0 Å². The van der Waals surface area contributed by atoms with Crippen LogP contribution in [0.1, 0.15) is 50.8 Å². The highest BCUT2D eigenvalue weighted by Crippen LogP contribution is 2.60. The van der Waals surface area contributed by atoms with Gasteiger partial charge in [0.05, 0.1) is 5.41 Å². The van der Waals surface area contributed by atoms with Gasteiger partial charge in [0.2, 0.25) is 11.8 Å². The summed E-state index contributed by atoms with van der Waals surface area (Å²) >= 11 is 0. The van der Waals surface area contributed by atoms with E-state index in [1.165, 1.54) is 0 Å². The summed E-state index contributed by atoms with van der Waals surface area (Å²) < 4.78 is 39.7. The van der Waals surface area contributed by atoms with Crippen LogP contribution >= 0.6 is 0 Å². The van der Waals surface area contributed by atoms with E-state index in [1.54, 1.807) is 12.1 Å². The molecule has 0 radical (unpaired) electrons. The standard InChI is InChI=1S/C18H21F3N2O2/c1-16(2,3)11-6-4-10(5-7-11)12-14(24)23-13(15(25)22-12)17(8-9-17)18(19,20)21/h4-7,12-13H,8-9H2,1-3H3,(H,22,25)(H,23,24). The molecule has 2 unspecified atom stereocenters. The fourth-order valence-electron chi connectivity index (χ4n) is 3.25. The van der Waals surface area contributed by atoms with E-state index < -0.39 is 35.5 Å². The van der Waals surface area contributed by atoms with E-state index in [9.17, 15) is 22.8 Å². The third-order valence-corrected chi connectivity index (χ3v) is 5.11. The molecule has 2 fully saturated rings. The van der Waals surface area contributed by atoms with Crippen LogP contribution in [0.4, 0.5) is 13.2 Å². The number of carbonyl (C=O) groups excluding carboxylic acids is 2. The Morgan fingerprint density at radius 2 is 1.52 bits per heavy atom. The first-order valence-electron chi connectivity index (χ1n) is 8.24. The van der Waals surface area contributed by atoms with E-state index in [1.807, 2.05) is 32.9 Å². The van der Waals surface area contributed by atoms with Crippen molar-refractivity contribution in [2.24, 2.45) is 5.41 Å². The number of alkyl halides is 3. The van der Waals surface area contributed by atoms with Gasteiger partial charge < -0.3 is 10.6 Å². The molecule has 1 saturated carbocycles. The Morgan fingerprint density at radius 3 is 1.96 bits per heavy atom. The molecule has 2 aliphatic rings. The molecule has 1 heterocycles. The van der Waals surface area contributed by atoms with Crippen molar-refractivity contribution >= 4 is 11.8 Å². The lowest BCUT2D eigenvalue weighted by molar-refractivity contribution is -0.199. The number of amides is 2. The summed E-state index contributed by atoms with van der Waals surface area (Å²) in [4.78, 5) is 24.6. The lowest BCUT2D eigenvalue weighted by atomic mass is 9.85. The lowest BCUT2D eigenvalue weighted by Crippen LogP contribution is -2.63. The molecule has 7 heteroatoms. The normalized spacial score (nSPS) is 26.0. The van der Waals surface area contributed by atoms with Gasteiger partial charge in [0, 0.05) is 0 Å². The van der Waals surface area contributed by atoms with Gasteiger partial charge in [0.25, 0.3) is 0 Å². The molecule has 25 heavy (non-hydrogen) atoms. The minimum atomic E-state index is -4.51. The van der Waals surface area contributed by atoms with Crippen LogP contribution in [0, 0.1) is 5.41 Å². The average Bonchev–Trinajstić information content (AvgIpc) is 3.30. The van der Waals surface area contributed by atoms with E-state index in [0.717, 1.165) is 5.56 Å². The third-order valence-electron chi connectivity index (χ3n) is 5.11. The van der Waals surface area contributed by atoms with Gasteiger partial charge in [-0.3, -0.25) is 9.59 Å². The van der Waals surface area contributed by atoms with E-state index in [4.69, 9.17) is 0 Å². The summed E-state index contributed by atoms with van der Waals surface area (Å²) in [5.74, 6) is -1.39. The number of piperazine rings is 1. The number of carbonyl (C=O) groups is 2. The van der Waals surface area contributed by atoms with Gasteiger partial charge in [-0.15, -0.1) is 0 Å². The smallest absolute Gasteiger partial charge is 0.341 e. The van der Waals surface area contributed by atoms with Crippen LogP contribution in [0.5, 0.6) is 0 Å². The number of benzene rings is 1. The highest BCUT2D eigenvalue weighted by molar-refractivity contribution is 5.98. The lowest BCUT2D eigenvalue weighted by Gasteiger charge is -2.35. The summed E-state index contributed by atoms with van der Waals surface area (Å²) in [6.45, 7) is 6.15. The Morgan fingerprint density at radius 1 is 0.960 bits per heavy atom. The molecular formula is C18H21F3N2O2. The molecule has 4 nitrogen and oxygen atoms in total. The summed E-state index contributed by atoms with van der Waals surface area (Å²) in [5, 5.41) is 4.76. The summed E-state index contributed by atoms with van der Waals surface area (Å²) in [6, 6.07) is 4.65. The van der Waals surface area contributed by atoms with Crippen LogP contribution in [-0.2, 0) is 15.0 Å². The summed E-state index contributed by atoms with van der Waals surface area (Å²) in [7, 11) is 0. The molecular weight excluding hydrogens is 333 g/mol. The van der Waals surface area contributed by atoms with E-state index >= 15 is 0 Å². The first-order valence-corrected chi connectivity index (χ1v) is 8.24. The SMILES string of the molecule is CC(C)(C)c1ccc(C2NC(=O)C(C3(C(F)(F)F)CC3)NC2=O)cc1. The van der Waals surface area contributed by atoms with Crippen LogP contribution in [0.2, 0.25) is 0 Å². The van der Waals surface area contributed by atoms with Crippen molar-refractivity contribution in [3.63, 3.8) is 0 Å². The van der Waals surface area contributed by atoms with Crippen molar-refractivity contribution in [2.75, 3.05) is 0 Å². The molecule has 1 aromatic rings. The van der Waals surface area contributed by atoms with Crippen molar-refractivity contribution < 1.29 is 22.8 Å². The van der Waals surface area contributed by atoms with Crippen molar-refractivity contribution in [1.29, 1.82) is 0 Å². The zero-order valence-electron chi connectivity index (χ0n) is 14.3. The monoisotopic (exact) mass is 354 g/mol. The van der Waals surface area contributed by atoms with Crippen LogP contribution in [0.3, 0.4) is 0 Å². The van der Waals surface area contributed by atoms with Gasteiger partial charge in [0.1, 0.15) is 12.1 Å². The van der Waals surface area contributed by atoms with Gasteiger partial charge in [-0.1, -0.05) is 45.0 Å². The molecule has 0 spiro atoms. The van der Waals surface area contributed by atoms with Crippen molar-refractivity contribution in [3.05, 3.63) is 35.4 Å². The summed E-state index contributed by atoms with van der Waals surface area (Å²) in [5.41, 5.74) is -0.569. The predicted molar refractivity (Wildman–Crippen MR) is 85.7 cm³/mol. The minimum absolute atomic E-state index is 0.0627. The summed E-state index contributed by atoms with van der Waals surface area (Å²) in [6.07, 6.45) is -4.79. The molecule has 2 N–H and O–H groups in total. The topological polar surface area (TPSA) is 58.2 Å². The number of rotatable bonds is 2. The molecule has 1 aromatic carbocycles.